The Morgan fingerprint density at radius 1 is 1.00 bits per heavy atom. The van der Waals surface area contributed by atoms with Crippen molar-refractivity contribution in [1.82, 2.24) is 5.32 Å². The molecule has 0 unspecified atom stereocenters. The van der Waals surface area contributed by atoms with Crippen molar-refractivity contribution in [2.24, 2.45) is 5.41 Å². The molecule has 0 aromatic heterocycles. The number of ether oxygens (including phenoxy) is 1. The molecule has 142 valence electrons. The van der Waals surface area contributed by atoms with Crippen LogP contribution in [0.5, 0.6) is 0 Å². The van der Waals surface area contributed by atoms with Crippen LogP contribution in [0.15, 0.2) is 48.5 Å². The summed E-state index contributed by atoms with van der Waals surface area (Å²) < 4.78 is 4.67. The molecule has 0 aliphatic rings. The largest absolute Gasteiger partial charge is 0.465 e. The lowest BCUT2D eigenvalue weighted by Crippen LogP contribution is -2.44. The van der Waals surface area contributed by atoms with Crippen LogP contribution in [0.2, 0.25) is 0 Å². The molecular weight excluding hydrogens is 344 g/mol. The zero-order chi connectivity index (χ0) is 20.0. The van der Waals surface area contributed by atoms with Gasteiger partial charge in [0.05, 0.1) is 12.7 Å². The molecule has 0 saturated heterocycles. The van der Waals surface area contributed by atoms with Crippen LogP contribution in [0.1, 0.15) is 35.3 Å². The number of carbonyl (C=O) groups is 3. The second-order valence-electron chi connectivity index (χ2n) is 6.82. The molecule has 2 N–H and O–H groups in total. The fourth-order valence-corrected chi connectivity index (χ4v) is 2.46. The topological polar surface area (TPSA) is 84.5 Å². The molecule has 0 fully saturated rings. The van der Waals surface area contributed by atoms with Crippen molar-refractivity contribution < 1.29 is 19.1 Å². The second kappa shape index (κ2) is 8.49. The maximum Gasteiger partial charge on any atom is 0.337 e. The Balaban J connectivity index is 2.03. The van der Waals surface area contributed by atoms with Crippen LogP contribution in [0.25, 0.3) is 0 Å². The minimum atomic E-state index is -1.29. The first-order valence-electron chi connectivity index (χ1n) is 8.57. The Bertz CT molecular complexity index is 859. The highest BCUT2D eigenvalue weighted by atomic mass is 16.5. The molecule has 0 aliphatic heterocycles. The van der Waals surface area contributed by atoms with Gasteiger partial charge in [-0.3, -0.25) is 9.59 Å². The van der Waals surface area contributed by atoms with E-state index in [4.69, 9.17) is 0 Å². The molecule has 27 heavy (non-hydrogen) atoms. The molecule has 6 heteroatoms. The lowest BCUT2D eigenvalue weighted by molar-refractivity contribution is -0.138. The van der Waals surface area contributed by atoms with E-state index in [2.05, 4.69) is 15.4 Å². The van der Waals surface area contributed by atoms with Crippen LogP contribution in [-0.4, -0.2) is 24.9 Å². The van der Waals surface area contributed by atoms with E-state index in [0.29, 0.717) is 17.8 Å². The smallest absolute Gasteiger partial charge is 0.337 e. The Morgan fingerprint density at radius 3 is 2.37 bits per heavy atom. The van der Waals surface area contributed by atoms with Gasteiger partial charge in [0.2, 0.25) is 11.8 Å². The van der Waals surface area contributed by atoms with Crippen LogP contribution < -0.4 is 10.6 Å². The lowest BCUT2D eigenvalue weighted by atomic mass is 9.90. The number of nitrogens with one attached hydrogen (secondary N) is 2. The van der Waals surface area contributed by atoms with E-state index in [1.54, 1.807) is 32.0 Å². The number of anilines is 1. The summed E-state index contributed by atoms with van der Waals surface area (Å²) in [5.74, 6) is -1.35. The molecular formula is C21H24N2O4. The highest BCUT2D eigenvalue weighted by molar-refractivity contribution is 6.10. The lowest BCUT2D eigenvalue weighted by Gasteiger charge is -2.23. The van der Waals surface area contributed by atoms with Gasteiger partial charge in [0.15, 0.2) is 0 Å². The van der Waals surface area contributed by atoms with Gasteiger partial charge < -0.3 is 15.4 Å². The molecule has 0 spiro atoms. The second-order valence-corrected chi connectivity index (χ2v) is 6.82. The summed E-state index contributed by atoms with van der Waals surface area (Å²) in [6.07, 6.45) is 0. The Morgan fingerprint density at radius 2 is 1.70 bits per heavy atom. The standard InChI is InChI=1S/C21H24N2O4/c1-14-7-5-8-15(11-14)13-22-19(25)21(2,3)20(26)23-17-10-6-9-16(12-17)18(24)27-4/h5-12H,13H2,1-4H3,(H,22,25)(H,23,26). The number of amides is 2. The van der Waals surface area contributed by atoms with Crippen molar-refractivity contribution in [3.8, 4) is 0 Å². The number of aryl methyl sites for hydroxylation is 1. The first-order valence-corrected chi connectivity index (χ1v) is 8.57. The van der Waals surface area contributed by atoms with Gasteiger partial charge in [-0.25, -0.2) is 4.79 Å². The van der Waals surface area contributed by atoms with Gasteiger partial charge in [0.1, 0.15) is 5.41 Å². The number of benzene rings is 2. The van der Waals surface area contributed by atoms with Crippen molar-refractivity contribution in [2.75, 3.05) is 12.4 Å². The number of hydrogen-bond donors (Lipinski definition) is 2. The van der Waals surface area contributed by atoms with Gasteiger partial charge in [0, 0.05) is 12.2 Å². The normalized spacial score (nSPS) is 10.8. The minimum absolute atomic E-state index is 0.317. The summed E-state index contributed by atoms with van der Waals surface area (Å²) in [7, 11) is 1.29. The SMILES string of the molecule is COC(=O)c1cccc(NC(=O)C(C)(C)C(=O)NCc2cccc(C)c2)c1. The molecule has 0 aliphatic carbocycles. The van der Waals surface area contributed by atoms with Crippen LogP contribution in [-0.2, 0) is 20.9 Å². The van der Waals surface area contributed by atoms with Crippen LogP contribution >= 0.6 is 0 Å². The average molecular weight is 368 g/mol. The fourth-order valence-electron chi connectivity index (χ4n) is 2.46. The monoisotopic (exact) mass is 368 g/mol. The van der Waals surface area contributed by atoms with Crippen molar-refractivity contribution in [1.29, 1.82) is 0 Å². The Hall–Kier alpha value is -3.15. The van der Waals surface area contributed by atoms with E-state index in [0.717, 1.165) is 11.1 Å². The highest BCUT2D eigenvalue weighted by Crippen LogP contribution is 2.20. The average Bonchev–Trinajstić information content (AvgIpc) is 2.65. The van der Waals surface area contributed by atoms with Crippen molar-refractivity contribution in [3.63, 3.8) is 0 Å². The molecule has 0 radical (unpaired) electrons. The van der Waals surface area contributed by atoms with E-state index < -0.39 is 17.3 Å². The third kappa shape index (κ3) is 5.17. The summed E-state index contributed by atoms with van der Waals surface area (Å²) >= 11 is 0. The van der Waals surface area contributed by atoms with Crippen molar-refractivity contribution in [3.05, 3.63) is 65.2 Å². The molecule has 0 atom stereocenters. The van der Waals surface area contributed by atoms with Crippen LogP contribution in [0.4, 0.5) is 5.69 Å². The number of hydrogen-bond acceptors (Lipinski definition) is 4. The molecule has 0 saturated carbocycles. The Kier molecular flexibility index (Phi) is 6.34. The summed E-state index contributed by atoms with van der Waals surface area (Å²) in [6.45, 7) is 5.43. The summed E-state index contributed by atoms with van der Waals surface area (Å²) in [5.41, 5.74) is 1.51. The fraction of sp³-hybridized carbons (Fsp3) is 0.286. The predicted octanol–water partition coefficient (Wildman–Crippen LogP) is 3.06. The van der Waals surface area contributed by atoms with Gasteiger partial charge >= 0.3 is 5.97 Å². The number of methoxy groups -OCH3 is 1. The van der Waals surface area contributed by atoms with E-state index >= 15 is 0 Å². The van der Waals surface area contributed by atoms with Crippen molar-refractivity contribution >= 4 is 23.5 Å². The third-order valence-corrected chi connectivity index (χ3v) is 4.21. The van der Waals surface area contributed by atoms with Gasteiger partial charge in [-0.15, -0.1) is 0 Å². The molecule has 0 bridgehead atoms. The zero-order valence-corrected chi connectivity index (χ0v) is 16.0. The molecule has 2 rings (SSSR count). The third-order valence-electron chi connectivity index (χ3n) is 4.21. The van der Waals surface area contributed by atoms with Gasteiger partial charge in [-0.1, -0.05) is 35.9 Å². The van der Waals surface area contributed by atoms with E-state index in [1.807, 2.05) is 31.2 Å². The van der Waals surface area contributed by atoms with Gasteiger partial charge in [-0.2, -0.15) is 0 Å². The maximum absolute atomic E-state index is 12.6. The number of carbonyl (C=O) groups excluding carboxylic acids is 3. The quantitative estimate of drug-likeness (QED) is 0.606. The van der Waals surface area contributed by atoms with E-state index in [-0.39, 0.29) is 5.91 Å². The summed E-state index contributed by atoms with van der Waals surface area (Å²) in [4.78, 5) is 36.7. The van der Waals surface area contributed by atoms with Gasteiger partial charge in [-0.05, 0) is 44.5 Å². The molecule has 2 aromatic rings. The summed E-state index contributed by atoms with van der Waals surface area (Å²) in [6, 6.07) is 14.2. The number of rotatable bonds is 6. The summed E-state index contributed by atoms with van der Waals surface area (Å²) in [5, 5.41) is 5.48. The van der Waals surface area contributed by atoms with Crippen LogP contribution in [0.3, 0.4) is 0 Å². The highest BCUT2D eigenvalue weighted by Gasteiger charge is 2.36. The molecule has 2 amide bonds. The van der Waals surface area contributed by atoms with Crippen LogP contribution in [0, 0.1) is 12.3 Å². The number of esters is 1. The Labute approximate surface area is 158 Å². The minimum Gasteiger partial charge on any atom is -0.465 e. The molecule has 6 nitrogen and oxygen atoms in total. The van der Waals surface area contributed by atoms with Gasteiger partial charge in [0.25, 0.3) is 0 Å². The maximum atomic E-state index is 12.6. The first kappa shape index (κ1) is 20.2. The molecule has 2 aromatic carbocycles. The van der Waals surface area contributed by atoms with E-state index in [9.17, 15) is 14.4 Å². The van der Waals surface area contributed by atoms with Crippen molar-refractivity contribution in [2.45, 2.75) is 27.3 Å². The molecule has 0 heterocycles. The zero-order valence-electron chi connectivity index (χ0n) is 16.0. The van der Waals surface area contributed by atoms with E-state index in [1.165, 1.54) is 13.2 Å². The predicted molar refractivity (Wildman–Crippen MR) is 103 cm³/mol. The first-order chi connectivity index (χ1) is 12.7.